The lowest BCUT2D eigenvalue weighted by Crippen LogP contribution is -2.33. The first-order valence-electron chi connectivity index (χ1n) is 7.09. The van der Waals surface area contributed by atoms with Gasteiger partial charge in [0.05, 0.1) is 0 Å². The maximum atomic E-state index is 12.5. The standard InChI is InChI=1S/C17H23NO/c1-5-12(2)16-9-8-15(11-13(16)3)17(19)18-10-6-7-14(18)4/h5,8-9,11,14H,6-7,10H2,1-4H3/b12-5-. The Morgan fingerprint density at radius 3 is 2.68 bits per heavy atom. The van der Waals surface area contributed by atoms with Crippen LogP contribution in [0.1, 0.15) is 55.1 Å². The molecule has 0 radical (unpaired) electrons. The first kappa shape index (κ1) is 13.9. The SMILES string of the molecule is C/C=C(/C)c1ccc(C(=O)N2CCCC2C)cc1C. The lowest BCUT2D eigenvalue weighted by Gasteiger charge is -2.22. The quantitative estimate of drug-likeness (QED) is 0.783. The normalized spacial score (nSPS) is 19.9. The van der Waals surface area contributed by atoms with Crippen molar-refractivity contribution in [1.29, 1.82) is 0 Å². The molecule has 1 saturated heterocycles. The van der Waals surface area contributed by atoms with Gasteiger partial charge in [-0.3, -0.25) is 4.79 Å². The van der Waals surface area contributed by atoms with E-state index >= 15 is 0 Å². The number of carbonyl (C=O) groups is 1. The smallest absolute Gasteiger partial charge is 0.254 e. The van der Waals surface area contributed by atoms with Gasteiger partial charge in [0.2, 0.25) is 0 Å². The van der Waals surface area contributed by atoms with Crippen LogP contribution < -0.4 is 0 Å². The molecule has 1 aromatic carbocycles. The van der Waals surface area contributed by atoms with Crippen molar-refractivity contribution in [2.75, 3.05) is 6.54 Å². The Labute approximate surface area is 116 Å². The van der Waals surface area contributed by atoms with Gasteiger partial charge in [0.25, 0.3) is 5.91 Å². The van der Waals surface area contributed by atoms with Gasteiger partial charge in [-0.15, -0.1) is 0 Å². The number of amides is 1. The molecule has 2 nitrogen and oxygen atoms in total. The third-order valence-electron chi connectivity index (χ3n) is 4.15. The number of benzene rings is 1. The molecule has 1 aliphatic rings. The van der Waals surface area contributed by atoms with Gasteiger partial charge in [0.15, 0.2) is 0 Å². The van der Waals surface area contributed by atoms with Gasteiger partial charge >= 0.3 is 0 Å². The molecule has 1 amide bonds. The minimum atomic E-state index is 0.179. The van der Waals surface area contributed by atoms with Crippen molar-refractivity contribution in [2.45, 2.75) is 46.6 Å². The summed E-state index contributed by atoms with van der Waals surface area (Å²) in [5.74, 6) is 0.179. The number of hydrogen-bond acceptors (Lipinski definition) is 1. The zero-order valence-corrected chi connectivity index (χ0v) is 12.4. The minimum absolute atomic E-state index is 0.179. The summed E-state index contributed by atoms with van der Waals surface area (Å²) in [6.07, 6.45) is 4.36. The molecule has 2 rings (SSSR count). The van der Waals surface area contributed by atoms with E-state index in [4.69, 9.17) is 0 Å². The average molecular weight is 257 g/mol. The number of carbonyl (C=O) groups excluding carboxylic acids is 1. The van der Waals surface area contributed by atoms with Crippen LogP contribution >= 0.6 is 0 Å². The number of hydrogen-bond donors (Lipinski definition) is 0. The summed E-state index contributed by atoms with van der Waals surface area (Å²) in [6, 6.07) is 6.43. The maximum absolute atomic E-state index is 12.5. The molecule has 0 aromatic heterocycles. The predicted octanol–water partition coefficient (Wildman–Crippen LogP) is 4.04. The molecule has 0 spiro atoms. The lowest BCUT2D eigenvalue weighted by atomic mass is 9.99. The second-order valence-corrected chi connectivity index (χ2v) is 5.49. The highest BCUT2D eigenvalue weighted by Crippen LogP contribution is 2.23. The Kier molecular flexibility index (Phi) is 4.08. The molecule has 0 bridgehead atoms. The van der Waals surface area contributed by atoms with E-state index in [9.17, 15) is 4.79 Å². The molecule has 19 heavy (non-hydrogen) atoms. The molecule has 0 saturated carbocycles. The Balaban J connectivity index is 2.27. The van der Waals surface area contributed by atoms with Gasteiger partial charge in [-0.2, -0.15) is 0 Å². The molecule has 2 heteroatoms. The van der Waals surface area contributed by atoms with Crippen molar-refractivity contribution in [1.82, 2.24) is 4.90 Å². The molecular weight excluding hydrogens is 234 g/mol. The highest BCUT2D eigenvalue weighted by molar-refractivity contribution is 5.95. The van der Waals surface area contributed by atoms with Crippen molar-refractivity contribution in [2.24, 2.45) is 0 Å². The molecule has 1 fully saturated rings. The largest absolute Gasteiger partial charge is 0.336 e. The highest BCUT2D eigenvalue weighted by atomic mass is 16.2. The molecule has 1 atom stereocenters. The van der Waals surface area contributed by atoms with E-state index in [0.717, 1.165) is 24.9 Å². The predicted molar refractivity (Wildman–Crippen MR) is 80.2 cm³/mol. The van der Waals surface area contributed by atoms with Gasteiger partial charge in [-0.05, 0) is 69.4 Å². The fraction of sp³-hybridized carbons (Fsp3) is 0.471. The molecule has 1 aromatic rings. The number of likely N-dealkylation sites (tertiary alicyclic amines) is 1. The zero-order valence-electron chi connectivity index (χ0n) is 12.4. The average Bonchev–Trinajstić information content (AvgIpc) is 2.83. The van der Waals surface area contributed by atoms with Crippen LogP contribution in [0.3, 0.4) is 0 Å². The Bertz CT molecular complexity index is 516. The van der Waals surface area contributed by atoms with Gasteiger partial charge in [0.1, 0.15) is 0 Å². The fourth-order valence-corrected chi connectivity index (χ4v) is 2.80. The van der Waals surface area contributed by atoms with Crippen molar-refractivity contribution >= 4 is 11.5 Å². The molecular formula is C17H23NO. The fourth-order valence-electron chi connectivity index (χ4n) is 2.80. The van der Waals surface area contributed by atoms with Crippen LogP contribution in [-0.2, 0) is 0 Å². The summed E-state index contributed by atoms with van der Waals surface area (Å²) < 4.78 is 0. The van der Waals surface area contributed by atoms with Crippen molar-refractivity contribution < 1.29 is 4.79 Å². The van der Waals surface area contributed by atoms with Crippen LogP contribution in [0.15, 0.2) is 24.3 Å². The summed E-state index contributed by atoms with van der Waals surface area (Å²) in [4.78, 5) is 14.5. The van der Waals surface area contributed by atoms with Crippen molar-refractivity contribution in [3.63, 3.8) is 0 Å². The molecule has 0 aliphatic carbocycles. The van der Waals surface area contributed by atoms with E-state index < -0.39 is 0 Å². The van der Waals surface area contributed by atoms with Gasteiger partial charge in [-0.1, -0.05) is 12.1 Å². The van der Waals surface area contributed by atoms with Crippen LogP contribution in [0.2, 0.25) is 0 Å². The number of aryl methyl sites for hydroxylation is 1. The zero-order chi connectivity index (χ0) is 14.0. The lowest BCUT2D eigenvalue weighted by molar-refractivity contribution is 0.0747. The molecule has 1 heterocycles. The summed E-state index contributed by atoms with van der Waals surface area (Å²) >= 11 is 0. The number of allylic oxidation sites excluding steroid dienone is 2. The second-order valence-electron chi connectivity index (χ2n) is 5.49. The molecule has 1 unspecified atom stereocenters. The monoisotopic (exact) mass is 257 g/mol. The third kappa shape index (κ3) is 2.73. The first-order valence-corrected chi connectivity index (χ1v) is 7.09. The Morgan fingerprint density at radius 1 is 1.42 bits per heavy atom. The van der Waals surface area contributed by atoms with E-state index in [1.807, 2.05) is 24.0 Å². The summed E-state index contributed by atoms with van der Waals surface area (Å²) in [5, 5.41) is 0. The van der Waals surface area contributed by atoms with E-state index in [1.165, 1.54) is 16.7 Å². The highest BCUT2D eigenvalue weighted by Gasteiger charge is 2.26. The van der Waals surface area contributed by atoms with Crippen LogP contribution in [-0.4, -0.2) is 23.4 Å². The van der Waals surface area contributed by atoms with E-state index in [-0.39, 0.29) is 5.91 Å². The minimum Gasteiger partial charge on any atom is -0.336 e. The second kappa shape index (κ2) is 5.60. The molecule has 1 aliphatic heterocycles. The van der Waals surface area contributed by atoms with Gasteiger partial charge < -0.3 is 4.90 Å². The topological polar surface area (TPSA) is 20.3 Å². The summed E-state index contributed by atoms with van der Waals surface area (Å²) in [6.45, 7) is 9.25. The van der Waals surface area contributed by atoms with Crippen LogP contribution in [0.25, 0.3) is 5.57 Å². The first-order chi connectivity index (χ1) is 9.04. The van der Waals surface area contributed by atoms with E-state index in [1.54, 1.807) is 0 Å². The molecule has 0 N–H and O–H groups in total. The third-order valence-corrected chi connectivity index (χ3v) is 4.15. The number of nitrogens with zero attached hydrogens (tertiary/aromatic N) is 1. The van der Waals surface area contributed by atoms with E-state index in [0.29, 0.717) is 6.04 Å². The van der Waals surface area contributed by atoms with Crippen molar-refractivity contribution in [3.8, 4) is 0 Å². The van der Waals surface area contributed by atoms with Gasteiger partial charge in [0, 0.05) is 18.2 Å². The summed E-state index contributed by atoms with van der Waals surface area (Å²) in [7, 11) is 0. The van der Waals surface area contributed by atoms with Crippen LogP contribution in [0.5, 0.6) is 0 Å². The Hall–Kier alpha value is -1.57. The van der Waals surface area contributed by atoms with Crippen molar-refractivity contribution in [3.05, 3.63) is 41.0 Å². The van der Waals surface area contributed by atoms with Crippen LogP contribution in [0, 0.1) is 6.92 Å². The van der Waals surface area contributed by atoms with E-state index in [2.05, 4.69) is 32.9 Å². The summed E-state index contributed by atoms with van der Waals surface area (Å²) in [5.41, 5.74) is 4.48. The molecule has 102 valence electrons. The Morgan fingerprint density at radius 2 is 2.16 bits per heavy atom. The number of rotatable bonds is 2. The van der Waals surface area contributed by atoms with Crippen LogP contribution in [0.4, 0.5) is 0 Å². The maximum Gasteiger partial charge on any atom is 0.254 e. The van der Waals surface area contributed by atoms with Gasteiger partial charge in [-0.25, -0.2) is 0 Å².